The first-order valence-corrected chi connectivity index (χ1v) is 3.88. The maximum absolute atomic E-state index is 5.53. The highest BCUT2D eigenvalue weighted by molar-refractivity contribution is 5.07. The van der Waals surface area contributed by atoms with E-state index in [0.717, 1.165) is 12.3 Å². The lowest BCUT2D eigenvalue weighted by molar-refractivity contribution is 0.199. The fourth-order valence-corrected chi connectivity index (χ4v) is 0.767. The molecule has 1 aromatic rings. The molecule has 1 aromatic heterocycles. The summed E-state index contributed by atoms with van der Waals surface area (Å²) in [6.07, 6.45) is 3.02. The Bertz CT molecular complexity index is 220. The Morgan fingerprint density at radius 1 is 1.73 bits per heavy atom. The van der Waals surface area contributed by atoms with Gasteiger partial charge in [-0.05, 0) is 13.3 Å². The van der Waals surface area contributed by atoms with Crippen LogP contribution in [0.5, 0.6) is 5.88 Å². The maximum Gasteiger partial charge on any atom is 0.211 e. The number of aromatic nitrogens is 2. The minimum absolute atomic E-state index is 0.269. The average Bonchev–Trinajstić information content (AvgIpc) is 2.37. The normalized spacial score (nSPS) is 13.0. The first-order chi connectivity index (χ1) is 5.24. The van der Waals surface area contributed by atoms with Gasteiger partial charge < -0.3 is 4.74 Å². The average molecular weight is 154 g/mol. The summed E-state index contributed by atoms with van der Waals surface area (Å²) in [5.74, 6) is 0.833. The summed E-state index contributed by atoms with van der Waals surface area (Å²) >= 11 is 0. The monoisotopic (exact) mass is 154 g/mol. The zero-order valence-corrected chi connectivity index (χ0v) is 7.24. The van der Waals surface area contributed by atoms with Gasteiger partial charge in [-0.3, -0.25) is 0 Å². The third-order valence-electron chi connectivity index (χ3n) is 1.67. The van der Waals surface area contributed by atoms with Gasteiger partial charge in [0.05, 0.1) is 12.3 Å². The summed E-state index contributed by atoms with van der Waals surface area (Å²) in [6.45, 7) is 4.15. The molecule has 0 aromatic carbocycles. The molecule has 0 fully saturated rings. The standard InChI is InChI=1S/C8H14N2O/c1-4-7(2)11-8-5-6-9-10(8)3/h5-7H,4H2,1-3H3. The van der Waals surface area contributed by atoms with E-state index in [-0.39, 0.29) is 6.10 Å². The van der Waals surface area contributed by atoms with Crippen LogP contribution in [0.1, 0.15) is 20.3 Å². The van der Waals surface area contributed by atoms with Crippen molar-refractivity contribution >= 4 is 0 Å². The summed E-state index contributed by atoms with van der Waals surface area (Å²) in [4.78, 5) is 0. The van der Waals surface area contributed by atoms with Crippen LogP contribution in [0.4, 0.5) is 0 Å². The molecule has 11 heavy (non-hydrogen) atoms. The third kappa shape index (κ3) is 1.97. The zero-order valence-electron chi connectivity index (χ0n) is 7.24. The number of nitrogens with zero attached hydrogens (tertiary/aromatic N) is 2. The second-order valence-corrected chi connectivity index (χ2v) is 2.63. The molecular weight excluding hydrogens is 140 g/mol. The van der Waals surface area contributed by atoms with E-state index >= 15 is 0 Å². The topological polar surface area (TPSA) is 27.1 Å². The van der Waals surface area contributed by atoms with Gasteiger partial charge in [-0.2, -0.15) is 5.10 Å². The van der Waals surface area contributed by atoms with Gasteiger partial charge in [0.15, 0.2) is 0 Å². The van der Waals surface area contributed by atoms with Gasteiger partial charge >= 0.3 is 0 Å². The molecular formula is C8H14N2O. The van der Waals surface area contributed by atoms with E-state index in [9.17, 15) is 0 Å². The van der Waals surface area contributed by atoms with Gasteiger partial charge in [0.1, 0.15) is 0 Å². The van der Waals surface area contributed by atoms with E-state index in [1.807, 2.05) is 20.0 Å². The van der Waals surface area contributed by atoms with Crippen LogP contribution in [0.2, 0.25) is 0 Å². The SMILES string of the molecule is CCC(C)Oc1ccnn1C. The Balaban J connectivity index is 2.56. The summed E-state index contributed by atoms with van der Waals surface area (Å²) in [5.41, 5.74) is 0. The van der Waals surface area contributed by atoms with Crippen molar-refractivity contribution in [2.24, 2.45) is 7.05 Å². The number of ether oxygens (including phenoxy) is 1. The van der Waals surface area contributed by atoms with Crippen LogP contribution in [-0.4, -0.2) is 15.9 Å². The van der Waals surface area contributed by atoms with Gasteiger partial charge in [0.2, 0.25) is 5.88 Å². The van der Waals surface area contributed by atoms with Gasteiger partial charge in [-0.25, -0.2) is 4.68 Å². The summed E-state index contributed by atoms with van der Waals surface area (Å²) in [7, 11) is 1.87. The van der Waals surface area contributed by atoms with Crippen LogP contribution in [0.3, 0.4) is 0 Å². The molecule has 0 aliphatic heterocycles. The molecule has 0 bridgehead atoms. The van der Waals surface area contributed by atoms with Crippen molar-refractivity contribution < 1.29 is 4.74 Å². The van der Waals surface area contributed by atoms with Gasteiger partial charge in [0, 0.05) is 13.1 Å². The van der Waals surface area contributed by atoms with Crippen molar-refractivity contribution in [2.45, 2.75) is 26.4 Å². The van der Waals surface area contributed by atoms with E-state index in [1.54, 1.807) is 10.9 Å². The van der Waals surface area contributed by atoms with Crippen LogP contribution in [0, 0.1) is 0 Å². The molecule has 3 nitrogen and oxygen atoms in total. The van der Waals surface area contributed by atoms with Crippen LogP contribution in [0.25, 0.3) is 0 Å². The lowest BCUT2D eigenvalue weighted by Gasteiger charge is -2.11. The molecule has 0 saturated carbocycles. The molecule has 0 amide bonds. The second kappa shape index (κ2) is 3.42. The van der Waals surface area contributed by atoms with Crippen LogP contribution < -0.4 is 4.74 Å². The minimum Gasteiger partial charge on any atom is -0.475 e. The Labute approximate surface area is 67.0 Å². The van der Waals surface area contributed by atoms with Crippen molar-refractivity contribution in [3.8, 4) is 5.88 Å². The predicted octanol–water partition coefficient (Wildman–Crippen LogP) is 1.60. The molecule has 1 unspecified atom stereocenters. The van der Waals surface area contributed by atoms with Gasteiger partial charge in [-0.1, -0.05) is 6.92 Å². The lowest BCUT2D eigenvalue weighted by atomic mass is 10.3. The van der Waals surface area contributed by atoms with E-state index in [4.69, 9.17) is 4.74 Å². The van der Waals surface area contributed by atoms with Gasteiger partial charge in [-0.15, -0.1) is 0 Å². The first-order valence-electron chi connectivity index (χ1n) is 3.88. The fraction of sp³-hybridized carbons (Fsp3) is 0.625. The maximum atomic E-state index is 5.53. The number of aryl methyl sites for hydroxylation is 1. The molecule has 0 aliphatic carbocycles. The van der Waals surface area contributed by atoms with Crippen molar-refractivity contribution in [3.63, 3.8) is 0 Å². The molecule has 1 rings (SSSR count). The highest BCUT2D eigenvalue weighted by Crippen LogP contribution is 2.10. The van der Waals surface area contributed by atoms with Crippen molar-refractivity contribution in [1.82, 2.24) is 9.78 Å². The van der Waals surface area contributed by atoms with Crippen LogP contribution >= 0.6 is 0 Å². The highest BCUT2D eigenvalue weighted by atomic mass is 16.5. The van der Waals surface area contributed by atoms with Crippen LogP contribution in [0.15, 0.2) is 12.3 Å². The van der Waals surface area contributed by atoms with E-state index in [0.29, 0.717) is 0 Å². The zero-order chi connectivity index (χ0) is 8.27. The highest BCUT2D eigenvalue weighted by Gasteiger charge is 2.03. The van der Waals surface area contributed by atoms with Gasteiger partial charge in [0.25, 0.3) is 0 Å². The van der Waals surface area contributed by atoms with Crippen molar-refractivity contribution in [3.05, 3.63) is 12.3 Å². The Kier molecular flexibility index (Phi) is 2.52. The molecule has 1 atom stereocenters. The number of hydrogen-bond acceptors (Lipinski definition) is 2. The molecule has 0 radical (unpaired) electrons. The quantitative estimate of drug-likeness (QED) is 0.661. The molecule has 0 N–H and O–H groups in total. The Morgan fingerprint density at radius 3 is 2.91 bits per heavy atom. The lowest BCUT2D eigenvalue weighted by Crippen LogP contribution is -2.12. The molecule has 3 heteroatoms. The fourth-order valence-electron chi connectivity index (χ4n) is 0.767. The second-order valence-electron chi connectivity index (χ2n) is 2.63. The predicted molar refractivity (Wildman–Crippen MR) is 43.6 cm³/mol. The van der Waals surface area contributed by atoms with E-state index < -0.39 is 0 Å². The molecule has 0 aliphatic rings. The van der Waals surface area contributed by atoms with Crippen LogP contribution in [-0.2, 0) is 7.05 Å². The summed E-state index contributed by atoms with van der Waals surface area (Å²) in [6, 6.07) is 1.87. The Morgan fingerprint density at radius 2 is 2.45 bits per heavy atom. The molecule has 62 valence electrons. The summed E-state index contributed by atoms with van der Waals surface area (Å²) in [5, 5.41) is 4.00. The minimum atomic E-state index is 0.269. The number of rotatable bonds is 3. The smallest absolute Gasteiger partial charge is 0.211 e. The Hall–Kier alpha value is -0.990. The molecule has 0 spiro atoms. The largest absolute Gasteiger partial charge is 0.475 e. The number of hydrogen-bond donors (Lipinski definition) is 0. The van der Waals surface area contributed by atoms with E-state index in [1.165, 1.54) is 0 Å². The third-order valence-corrected chi connectivity index (χ3v) is 1.67. The first kappa shape index (κ1) is 8.11. The van der Waals surface area contributed by atoms with Crippen molar-refractivity contribution in [1.29, 1.82) is 0 Å². The summed E-state index contributed by atoms with van der Waals surface area (Å²) < 4.78 is 7.26. The van der Waals surface area contributed by atoms with E-state index in [2.05, 4.69) is 12.0 Å². The molecule has 1 heterocycles. The molecule has 0 saturated heterocycles. The van der Waals surface area contributed by atoms with Crippen molar-refractivity contribution in [2.75, 3.05) is 0 Å².